The fraction of sp³-hybridized carbons (Fsp3) is 0. The zero-order chi connectivity index (χ0) is 10.9. The Morgan fingerprint density at radius 3 is 2.07 bits per heavy atom. The second-order valence-electron chi connectivity index (χ2n) is 3.14. The SMILES string of the molecule is F[B-](F)(F)c1ccc(-c2ccccc2)s1. The molecule has 5 heteroatoms. The van der Waals surface area contributed by atoms with Gasteiger partial charge in [0, 0.05) is 4.88 Å². The summed E-state index contributed by atoms with van der Waals surface area (Å²) in [7, 11) is 0. The third kappa shape index (κ3) is 2.23. The molecule has 0 atom stereocenters. The van der Waals surface area contributed by atoms with Crippen molar-refractivity contribution in [2.75, 3.05) is 0 Å². The minimum absolute atomic E-state index is 0.492. The Kier molecular flexibility index (Phi) is 2.56. The minimum atomic E-state index is -4.86. The van der Waals surface area contributed by atoms with E-state index in [0.717, 1.165) is 23.0 Å². The Bertz CT molecular complexity index is 447. The van der Waals surface area contributed by atoms with Gasteiger partial charge in [-0.2, -0.15) is 11.3 Å². The van der Waals surface area contributed by atoms with Gasteiger partial charge in [0.15, 0.2) is 0 Å². The molecular weight excluding hydrogens is 220 g/mol. The van der Waals surface area contributed by atoms with Crippen molar-refractivity contribution >= 4 is 23.1 Å². The monoisotopic (exact) mass is 227 g/mol. The molecule has 0 unspecified atom stereocenters. The quantitative estimate of drug-likeness (QED) is 0.689. The van der Waals surface area contributed by atoms with E-state index in [1.54, 1.807) is 12.1 Å². The molecule has 0 spiro atoms. The van der Waals surface area contributed by atoms with Crippen LogP contribution >= 0.6 is 11.3 Å². The van der Waals surface area contributed by atoms with E-state index in [1.807, 2.05) is 18.2 Å². The number of hydrogen-bond acceptors (Lipinski definition) is 1. The van der Waals surface area contributed by atoms with E-state index in [2.05, 4.69) is 0 Å². The number of rotatable bonds is 2. The highest BCUT2D eigenvalue weighted by atomic mass is 32.1. The molecule has 2 aromatic rings. The highest BCUT2D eigenvalue weighted by Crippen LogP contribution is 2.25. The molecule has 0 aliphatic carbocycles. The Balaban J connectivity index is 2.37. The van der Waals surface area contributed by atoms with E-state index >= 15 is 0 Å². The first kappa shape index (κ1) is 10.3. The number of hydrogen-bond donors (Lipinski definition) is 0. The first-order chi connectivity index (χ1) is 7.07. The summed E-state index contributed by atoms with van der Waals surface area (Å²) in [6.45, 7) is -4.86. The Labute approximate surface area is 89.4 Å². The molecule has 1 heterocycles. The molecule has 0 fully saturated rings. The Morgan fingerprint density at radius 2 is 1.53 bits per heavy atom. The van der Waals surface area contributed by atoms with Crippen LogP contribution in [0.2, 0.25) is 0 Å². The summed E-state index contributed by atoms with van der Waals surface area (Å²) in [6, 6.07) is 11.7. The van der Waals surface area contributed by atoms with Crippen LogP contribution < -0.4 is 4.78 Å². The van der Waals surface area contributed by atoms with Crippen molar-refractivity contribution in [3.8, 4) is 10.4 Å². The highest BCUT2D eigenvalue weighted by Gasteiger charge is 2.27. The molecular formula is C10H7BF3S-. The third-order valence-corrected chi connectivity index (χ3v) is 3.24. The average molecular weight is 227 g/mol. The van der Waals surface area contributed by atoms with Crippen molar-refractivity contribution in [2.45, 2.75) is 0 Å². The molecule has 1 aromatic carbocycles. The maximum atomic E-state index is 12.4. The van der Waals surface area contributed by atoms with Gasteiger partial charge < -0.3 is 12.9 Å². The summed E-state index contributed by atoms with van der Waals surface area (Å²) in [5.41, 5.74) is 0.828. The molecule has 0 radical (unpaired) electrons. The van der Waals surface area contributed by atoms with Crippen LogP contribution in [0.5, 0.6) is 0 Å². The fourth-order valence-corrected chi connectivity index (χ4v) is 2.20. The second-order valence-corrected chi connectivity index (χ2v) is 4.26. The highest BCUT2D eigenvalue weighted by molar-refractivity contribution is 7.26. The zero-order valence-corrected chi connectivity index (χ0v) is 8.48. The number of benzene rings is 1. The van der Waals surface area contributed by atoms with Crippen LogP contribution in [0.25, 0.3) is 10.4 Å². The van der Waals surface area contributed by atoms with Gasteiger partial charge in [-0.1, -0.05) is 41.2 Å². The maximum Gasteiger partial charge on any atom is 0.519 e. The lowest BCUT2D eigenvalue weighted by Crippen LogP contribution is -2.30. The molecule has 0 N–H and O–H groups in total. The topological polar surface area (TPSA) is 0 Å². The fourth-order valence-electron chi connectivity index (χ4n) is 1.29. The van der Waals surface area contributed by atoms with Crippen molar-refractivity contribution in [1.29, 1.82) is 0 Å². The lowest BCUT2D eigenvalue weighted by Gasteiger charge is -2.10. The van der Waals surface area contributed by atoms with Crippen LogP contribution in [-0.4, -0.2) is 6.98 Å². The first-order valence-corrected chi connectivity index (χ1v) is 5.24. The van der Waals surface area contributed by atoms with Gasteiger partial charge in [0.1, 0.15) is 0 Å². The third-order valence-electron chi connectivity index (χ3n) is 2.01. The van der Waals surface area contributed by atoms with Crippen LogP contribution in [0.4, 0.5) is 12.9 Å². The first-order valence-electron chi connectivity index (χ1n) is 4.42. The summed E-state index contributed by atoms with van der Waals surface area (Å²) in [4.78, 5) is 0.657. The summed E-state index contributed by atoms with van der Waals surface area (Å²) in [5.74, 6) is 0. The van der Waals surface area contributed by atoms with Crippen molar-refractivity contribution in [1.82, 2.24) is 0 Å². The van der Waals surface area contributed by atoms with Gasteiger partial charge in [-0.3, -0.25) is 0 Å². The van der Waals surface area contributed by atoms with E-state index in [0.29, 0.717) is 4.88 Å². The summed E-state index contributed by atoms with van der Waals surface area (Å²) in [6.07, 6.45) is 0. The summed E-state index contributed by atoms with van der Waals surface area (Å²) < 4.78 is 36.7. The second kappa shape index (κ2) is 3.74. The normalized spacial score (nSPS) is 11.7. The van der Waals surface area contributed by atoms with E-state index in [1.165, 1.54) is 6.07 Å². The van der Waals surface area contributed by atoms with E-state index < -0.39 is 11.8 Å². The smallest absolute Gasteiger partial charge is 0.444 e. The molecule has 0 aliphatic rings. The zero-order valence-electron chi connectivity index (χ0n) is 7.66. The predicted octanol–water partition coefficient (Wildman–Crippen LogP) is 3.47. The van der Waals surface area contributed by atoms with Gasteiger partial charge in [0.05, 0.1) is 0 Å². The molecule has 0 amide bonds. The van der Waals surface area contributed by atoms with Gasteiger partial charge >= 0.3 is 6.98 Å². The molecule has 0 nitrogen and oxygen atoms in total. The molecule has 1 aromatic heterocycles. The molecule has 0 saturated carbocycles. The van der Waals surface area contributed by atoms with Crippen LogP contribution in [0.1, 0.15) is 0 Å². The molecule has 2 rings (SSSR count). The van der Waals surface area contributed by atoms with Crippen molar-refractivity contribution < 1.29 is 12.9 Å². The van der Waals surface area contributed by atoms with Gasteiger partial charge in [0.2, 0.25) is 0 Å². The molecule has 0 aliphatic heterocycles. The van der Waals surface area contributed by atoms with Crippen molar-refractivity contribution in [3.63, 3.8) is 0 Å². The van der Waals surface area contributed by atoms with E-state index in [-0.39, 0.29) is 0 Å². The lowest BCUT2D eigenvalue weighted by atomic mass is 9.90. The summed E-state index contributed by atoms with van der Waals surface area (Å²) >= 11 is 0.796. The standard InChI is InChI=1S/C10H7BF3S/c12-11(13,14)10-7-6-9(15-10)8-4-2-1-3-5-8/h1-7H/q-1. The van der Waals surface area contributed by atoms with Crippen LogP contribution in [0.15, 0.2) is 42.5 Å². The van der Waals surface area contributed by atoms with Crippen molar-refractivity contribution in [2.24, 2.45) is 0 Å². The van der Waals surface area contributed by atoms with Crippen molar-refractivity contribution in [3.05, 3.63) is 42.5 Å². The van der Waals surface area contributed by atoms with Gasteiger partial charge in [-0.15, -0.1) is 0 Å². The summed E-state index contributed by atoms with van der Waals surface area (Å²) in [5, 5.41) is 0. The number of halogens is 3. The molecule has 0 bridgehead atoms. The Hall–Kier alpha value is -1.23. The minimum Gasteiger partial charge on any atom is -0.444 e. The lowest BCUT2D eigenvalue weighted by molar-refractivity contribution is 0.503. The van der Waals surface area contributed by atoms with Gasteiger partial charge in [0.25, 0.3) is 0 Å². The van der Waals surface area contributed by atoms with E-state index in [4.69, 9.17) is 0 Å². The average Bonchev–Trinajstić information content (AvgIpc) is 2.67. The Morgan fingerprint density at radius 1 is 0.867 bits per heavy atom. The van der Waals surface area contributed by atoms with Crippen LogP contribution in [0.3, 0.4) is 0 Å². The van der Waals surface area contributed by atoms with Gasteiger partial charge in [-0.05, 0) is 11.6 Å². The molecule has 0 saturated heterocycles. The van der Waals surface area contributed by atoms with Gasteiger partial charge in [-0.25, -0.2) is 0 Å². The largest absolute Gasteiger partial charge is 0.519 e. The maximum absolute atomic E-state index is 12.4. The molecule has 78 valence electrons. The van der Waals surface area contributed by atoms with Crippen LogP contribution in [0, 0.1) is 0 Å². The molecule has 15 heavy (non-hydrogen) atoms. The predicted molar refractivity (Wildman–Crippen MR) is 58.5 cm³/mol. The number of thiophene rings is 1. The van der Waals surface area contributed by atoms with E-state index in [9.17, 15) is 12.9 Å². The van der Waals surface area contributed by atoms with Crippen LogP contribution in [-0.2, 0) is 0 Å².